The topological polar surface area (TPSA) is 94.5 Å². The van der Waals surface area contributed by atoms with Crippen LogP contribution in [-0.2, 0) is 28.5 Å². The van der Waals surface area contributed by atoms with Crippen molar-refractivity contribution in [1.82, 2.24) is 4.90 Å². The highest BCUT2D eigenvalue weighted by atomic mass is 16.7. The lowest BCUT2D eigenvalue weighted by Crippen LogP contribution is -2.29. The zero-order valence-corrected chi connectivity index (χ0v) is 38.7. The van der Waals surface area contributed by atoms with E-state index in [0.717, 1.165) is 148 Å². The van der Waals surface area contributed by atoms with Crippen LogP contribution < -0.4 is 0 Å². The first-order valence-electron chi connectivity index (χ1n) is 24.7. The maximum absolute atomic E-state index is 12.6. The van der Waals surface area contributed by atoms with Crippen LogP contribution in [0.4, 0.5) is 0 Å². The molecular formula is C50H95NO7. The number of carbonyl (C=O) groups excluding carboxylic acids is 2. The molecule has 342 valence electrons. The Kier molecular flexibility index (Phi) is 44.9. The molecule has 0 radical (unpaired) electrons. The number of carbonyl (C=O) groups is 2. The Morgan fingerprint density at radius 2 is 0.983 bits per heavy atom. The van der Waals surface area contributed by atoms with Crippen LogP contribution in [0.5, 0.6) is 0 Å². The molecule has 0 fully saturated rings. The van der Waals surface area contributed by atoms with Crippen LogP contribution in [0.15, 0.2) is 24.3 Å². The van der Waals surface area contributed by atoms with E-state index in [1.165, 1.54) is 51.4 Å². The van der Waals surface area contributed by atoms with Gasteiger partial charge in [0.25, 0.3) is 0 Å². The minimum absolute atomic E-state index is 0.0393. The van der Waals surface area contributed by atoms with Crippen molar-refractivity contribution in [3.05, 3.63) is 24.3 Å². The smallest absolute Gasteiger partial charge is 0.308 e. The molecule has 1 atom stereocenters. The van der Waals surface area contributed by atoms with Crippen LogP contribution in [0.1, 0.15) is 220 Å². The number of rotatable bonds is 46. The Labute approximate surface area is 359 Å². The number of aliphatic hydroxyl groups excluding tert-OH is 1. The van der Waals surface area contributed by atoms with Crippen LogP contribution in [0, 0.1) is 5.92 Å². The molecule has 1 unspecified atom stereocenters. The molecule has 0 aliphatic carbocycles. The predicted molar refractivity (Wildman–Crippen MR) is 244 cm³/mol. The second kappa shape index (κ2) is 46.3. The quantitative estimate of drug-likeness (QED) is 0.0281. The van der Waals surface area contributed by atoms with E-state index in [4.69, 9.17) is 18.9 Å². The van der Waals surface area contributed by atoms with Crippen molar-refractivity contribution in [1.29, 1.82) is 0 Å². The van der Waals surface area contributed by atoms with E-state index >= 15 is 0 Å². The maximum Gasteiger partial charge on any atom is 0.308 e. The highest BCUT2D eigenvalue weighted by molar-refractivity contribution is 5.72. The summed E-state index contributed by atoms with van der Waals surface area (Å²) in [6.45, 7) is 14.1. The fraction of sp³-hybridized carbons (Fsp3) is 0.880. The Morgan fingerprint density at radius 3 is 1.52 bits per heavy atom. The normalized spacial score (nSPS) is 12.5. The van der Waals surface area contributed by atoms with Crippen LogP contribution in [0.3, 0.4) is 0 Å². The minimum Gasteiger partial charge on any atom is -0.466 e. The van der Waals surface area contributed by atoms with E-state index in [1.54, 1.807) is 0 Å². The third-order valence-corrected chi connectivity index (χ3v) is 10.8. The van der Waals surface area contributed by atoms with Crippen molar-refractivity contribution in [2.24, 2.45) is 5.92 Å². The van der Waals surface area contributed by atoms with Gasteiger partial charge in [-0.25, -0.2) is 0 Å². The highest BCUT2D eigenvalue weighted by Gasteiger charge is 2.19. The van der Waals surface area contributed by atoms with Gasteiger partial charge in [-0.05, 0) is 103 Å². The fourth-order valence-electron chi connectivity index (χ4n) is 7.14. The number of ether oxygens (including phenoxy) is 4. The second-order valence-electron chi connectivity index (χ2n) is 16.3. The van der Waals surface area contributed by atoms with Gasteiger partial charge in [-0.1, -0.05) is 142 Å². The lowest BCUT2D eigenvalue weighted by atomic mass is 9.95. The van der Waals surface area contributed by atoms with E-state index in [0.29, 0.717) is 39.3 Å². The van der Waals surface area contributed by atoms with Gasteiger partial charge in [0.1, 0.15) is 0 Å². The van der Waals surface area contributed by atoms with Gasteiger partial charge in [-0.3, -0.25) is 9.59 Å². The lowest BCUT2D eigenvalue weighted by molar-refractivity contribution is -0.159. The monoisotopic (exact) mass is 822 g/mol. The molecule has 8 heteroatoms. The van der Waals surface area contributed by atoms with E-state index < -0.39 is 0 Å². The molecule has 0 aliphatic rings. The molecule has 58 heavy (non-hydrogen) atoms. The summed E-state index contributed by atoms with van der Waals surface area (Å²) in [5, 5.41) is 9.58. The number of unbranched alkanes of at least 4 members (excludes halogenated alkanes) is 18. The van der Waals surface area contributed by atoms with Crippen molar-refractivity contribution in [2.75, 3.05) is 52.7 Å². The van der Waals surface area contributed by atoms with E-state index in [2.05, 4.69) is 56.9 Å². The van der Waals surface area contributed by atoms with Crippen molar-refractivity contribution in [2.45, 2.75) is 227 Å². The van der Waals surface area contributed by atoms with Crippen molar-refractivity contribution in [3.8, 4) is 0 Å². The molecular weight excluding hydrogens is 727 g/mol. The Morgan fingerprint density at radius 1 is 0.500 bits per heavy atom. The lowest BCUT2D eigenvalue weighted by Gasteiger charge is -2.21. The number of esters is 2. The summed E-state index contributed by atoms with van der Waals surface area (Å²) in [6.07, 6.45) is 40.5. The van der Waals surface area contributed by atoms with Crippen molar-refractivity contribution in [3.63, 3.8) is 0 Å². The molecule has 0 aromatic rings. The van der Waals surface area contributed by atoms with E-state index in [1.807, 2.05) is 0 Å². The van der Waals surface area contributed by atoms with Gasteiger partial charge < -0.3 is 29.0 Å². The molecule has 0 saturated carbocycles. The zero-order chi connectivity index (χ0) is 42.4. The maximum atomic E-state index is 12.6. The van der Waals surface area contributed by atoms with Crippen LogP contribution in [0.25, 0.3) is 0 Å². The number of aliphatic hydroxyl groups is 1. The summed E-state index contributed by atoms with van der Waals surface area (Å²) >= 11 is 0. The first kappa shape index (κ1) is 56.3. The van der Waals surface area contributed by atoms with Gasteiger partial charge in [-0.2, -0.15) is 0 Å². The summed E-state index contributed by atoms with van der Waals surface area (Å²) in [6, 6.07) is 0. The largest absolute Gasteiger partial charge is 0.466 e. The molecule has 0 bridgehead atoms. The number of nitrogens with zero attached hydrogens (tertiary/aromatic N) is 1. The molecule has 0 aromatic heterocycles. The summed E-state index contributed by atoms with van der Waals surface area (Å²) in [4.78, 5) is 27.5. The Hall–Kier alpha value is -1.74. The Bertz CT molecular complexity index is 902. The molecule has 0 heterocycles. The summed E-state index contributed by atoms with van der Waals surface area (Å²) in [7, 11) is 0. The number of hydrogen-bond acceptors (Lipinski definition) is 8. The zero-order valence-electron chi connectivity index (χ0n) is 38.7. The third-order valence-electron chi connectivity index (χ3n) is 10.8. The third kappa shape index (κ3) is 39.7. The predicted octanol–water partition coefficient (Wildman–Crippen LogP) is 13.2. The molecule has 1 N–H and O–H groups in total. The summed E-state index contributed by atoms with van der Waals surface area (Å²) < 4.78 is 23.3. The first-order chi connectivity index (χ1) is 28.5. The molecule has 0 spiro atoms. The van der Waals surface area contributed by atoms with Gasteiger partial charge in [0, 0.05) is 26.2 Å². The van der Waals surface area contributed by atoms with Crippen molar-refractivity contribution >= 4 is 11.9 Å². The standard InChI is InChI=1S/C50H95NO7/c1-5-9-13-16-24-32-44-56-49(57-45-33-25-17-14-10-6-2)38-37-48(53)55-43-31-27-21-23-30-40-51(41-42-52)39-29-22-19-18-20-26-34-46-58-50(54)47(35-12-8-4)36-28-15-11-7-3/h9-10,13-14,47,49,52H,5-8,11-12,15-46H2,1-4H3/b13-9-,14-10-. The molecule has 0 saturated heterocycles. The molecule has 0 aromatic carbocycles. The molecule has 0 amide bonds. The van der Waals surface area contributed by atoms with Crippen LogP contribution in [-0.4, -0.2) is 80.9 Å². The average Bonchev–Trinajstić information content (AvgIpc) is 3.22. The fourth-order valence-corrected chi connectivity index (χ4v) is 7.14. The average molecular weight is 822 g/mol. The summed E-state index contributed by atoms with van der Waals surface area (Å²) in [5.41, 5.74) is 0. The van der Waals surface area contributed by atoms with Gasteiger partial charge in [0.05, 0.1) is 32.2 Å². The van der Waals surface area contributed by atoms with Crippen LogP contribution >= 0.6 is 0 Å². The number of hydrogen-bond donors (Lipinski definition) is 1. The Balaban J connectivity index is 4.03. The molecule has 0 aliphatic heterocycles. The highest BCUT2D eigenvalue weighted by Crippen LogP contribution is 2.20. The first-order valence-corrected chi connectivity index (χ1v) is 24.7. The van der Waals surface area contributed by atoms with Gasteiger partial charge in [-0.15, -0.1) is 0 Å². The van der Waals surface area contributed by atoms with Crippen molar-refractivity contribution < 1.29 is 33.6 Å². The number of allylic oxidation sites excluding steroid dienone is 4. The van der Waals surface area contributed by atoms with E-state index in [9.17, 15) is 14.7 Å². The van der Waals surface area contributed by atoms with Gasteiger partial charge in [0.15, 0.2) is 6.29 Å². The van der Waals surface area contributed by atoms with E-state index in [-0.39, 0.29) is 30.8 Å². The SMILES string of the molecule is CC/C=C\CCCCOC(CCC(=O)OCCCCCCCN(CCO)CCCCCCCCCOC(=O)C(CCCC)CCCCCC)OCCCC/C=C\CC. The molecule has 8 nitrogen and oxygen atoms in total. The van der Waals surface area contributed by atoms with Gasteiger partial charge in [0.2, 0.25) is 0 Å². The van der Waals surface area contributed by atoms with Crippen LogP contribution in [0.2, 0.25) is 0 Å². The second-order valence-corrected chi connectivity index (χ2v) is 16.3. The van der Waals surface area contributed by atoms with Gasteiger partial charge >= 0.3 is 11.9 Å². The summed E-state index contributed by atoms with van der Waals surface area (Å²) in [5.74, 6) is -0.0284. The minimum atomic E-state index is -0.353. The molecule has 0 rings (SSSR count).